The number of para-hydroxylation sites is 1. The molecule has 2 amide bonds. The lowest BCUT2D eigenvalue weighted by Crippen LogP contribution is -2.46. The minimum Gasteiger partial charge on any atom is -0.492 e. The van der Waals surface area contributed by atoms with Crippen molar-refractivity contribution in [1.82, 2.24) is 10.2 Å². The minimum absolute atomic E-state index is 0.0759. The minimum atomic E-state index is -0.559. The largest absolute Gasteiger partial charge is 0.492 e. The van der Waals surface area contributed by atoms with Crippen molar-refractivity contribution in [2.75, 3.05) is 32.8 Å². The number of amides is 2. The summed E-state index contributed by atoms with van der Waals surface area (Å²) < 4.78 is 19.8. The smallest absolute Gasteiger partial charge is 0.256 e. The van der Waals surface area contributed by atoms with E-state index in [1.807, 2.05) is 0 Å². The van der Waals surface area contributed by atoms with E-state index in [0.29, 0.717) is 43.9 Å². The lowest BCUT2D eigenvalue weighted by Gasteiger charge is -2.27. The molecule has 1 aliphatic heterocycles. The number of benzene rings is 2. The van der Waals surface area contributed by atoms with Gasteiger partial charge in [-0.3, -0.25) is 9.59 Å². The van der Waals surface area contributed by atoms with Crippen molar-refractivity contribution >= 4 is 11.8 Å². The number of nitrogens with one attached hydrogen (secondary N) is 1. The van der Waals surface area contributed by atoms with E-state index in [1.54, 1.807) is 41.3 Å². The van der Waals surface area contributed by atoms with Gasteiger partial charge in [0.1, 0.15) is 11.6 Å². The van der Waals surface area contributed by atoms with Gasteiger partial charge in [-0.1, -0.05) is 18.2 Å². The molecule has 1 aliphatic rings. The van der Waals surface area contributed by atoms with Gasteiger partial charge in [-0.25, -0.2) is 4.39 Å². The monoisotopic (exact) mass is 371 g/mol. The predicted molar refractivity (Wildman–Crippen MR) is 99.3 cm³/mol. The number of nitrogens with zero attached hydrogens (tertiary/aromatic N) is 1. The quantitative estimate of drug-likeness (QED) is 0.808. The van der Waals surface area contributed by atoms with Crippen LogP contribution in [0.2, 0.25) is 0 Å². The zero-order chi connectivity index (χ0) is 19.2. The first kappa shape index (κ1) is 18.8. The van der Waals surface area contributed by atoms with Crippen LogP contribution >= 0.6 is 0 Å². The molecule has 0 spiro atoms. The van der Waals surface area contributed by atoms with Crippen LogP contribution < -0.4 is 15.8 Å². The molecule has 3 N–H and O–H groups in total. The summed E-state index contributed by atoms with van der Waals surface area (Å²) in [6, 6.07) is 11.2. The van der Waals surface area contributed by atoms with Crippen LogP contribution in [-0.2, 0) is 6.42 Å². The Morgan fingerprint density at radius 2 is 1.85 bits per heavy atom. The van der Waals surface area contributed by atoms with E-state index in [1.165, 1.54) is 6.07 Å². The average molecular weight is 371 g/mol. The summed E-state index contributed by atoms with van der Waals surface area (Å²) in [6.07, 6.45) is 0.467. The van der Waals surface area contributed by atoms with E-state index < -0.39 is 11.7 Å². The SMILES string of the molecule is NC(=O)c1ccccc1OCCc1ccc(F)c(C(=O)N2CCNCC2)c1. The Kier molecular flexibility index (Phi) is 6.03. The molecule has 0 aliphatic carbocycles. The van der Waals surface area contributed by atoms with Crippen LogP contribution in [0.4, 0.5) is 4.39 Å². The highest BCUT2D eigenvalue weighted by Crippen LogP contribution is 2.18. The summed E-state index contributed by atoms with van der Waals surface area (Å²) >= 11 is 0. The second-order valence-electron chi connectivity index (χ2n) is 6.32. The molecule has 1 heterocycles. The molecule has 1 saturated heterocycles. The topological polar surface area (TPSA) is 84.7 Å². The van der Waals surface area contributed by atoms with Crippen molar-refractivity contribution in [3.05, 3.63) is 65.0 Å². The molecule has 0 bridgehead atoms. The van der Waals surface area contributed by atoms with E-state index in [2.05, 4.69) is 5.32 Å². The number of rotatable bonds is 6. The van der Waals surface area contributed by atoms with Gasteiger partial charge in [0.15, 0.2) is 0 Å². The van der Waals surface area contributed by atoms with E-state index in [0.717, 1.165) is 5.56 Å². The highest BCUT2D eigenvalue weighted by molar-refractivity contribution is 5.95. The Hall–Kier alpha value is -2.93. The van der Waals surface area contributed by atoms with E-state index >= 15 is 0 Å². The normalized spacial score (nSPS) is 14.0. The second kappa shape index (κ2) is 8.64. The Balaban J connectivity index is 1.66. The lowest BCUT2D eigenvalue weighted by atomic mass is 10.1. The summed E-state index contributed by atoms with van der Waals surface area (Å²) in [6.45, 7) is 2.82. The van der Waals surface area contributed by atoms with Gasteiger partial charge in [-0.2, -0.15) is 0 Å². The third kappa shape index (κ3) is 4.62. The van der Waals surface area contributed by atoms with Gasteiger partial charge in [-0.05, 0) is 29.8 Å². The van der Waals surface area contributed by atoms with Crippen LogP contribution in [0, 0.1) is 5.82 Å². The molecule has 0 atom stereocenters. The van der Waals surface area contributed by atoms with E-state index in [-0.39, 0.29) is 18.1 Å². The molecule has 6 nitrogen and oxygen atoms in total. The molecule has 7 heteroatoms. The zero-order valence-corrected chi connectivity index (χ0v) is 14.9. The van der Waals surface area contributed by atoms with Crippen molar-refractivity contribution in [1.29, 1.82) is 0 Å². The van der Waals surface area contributed by atoms with Crippen LogP contribution in [0.3, 0.4) is 0 Å². The Labute approximate surface area is 157 Å². The molecule has 2 aromatic carbocycles. The van der Waals surface area contributed by atoms with Crippen molar-refractivity contribution in [2.24, 2.45) is 5.73 Å². The molecule has 0 unspecified atom stereocenters. The number of carbonyl (C=O) groups excluding carboxylic acids is 2. The van der Waals surface area contributed by atoms with Crippen LogP contribution in [0.15, 0.2) is 42.5 Å². The lowest BCUT2D eigenvalue weighted by molar-refractivity contribution is 0.0730. The Morgan fingerprint density at radius 3 is 2.59 bits per heavy atom. The maximum Gasteiger partial charge on any atom is 0.256 e. The molecular formula is C20H22FN3O3. The maximum atomic E-state index is 14.2. The van der Waals surface area contributed by atoms with Crippen molar-refractivity contribution < 1.29 is 18.7 Å². The highest BCUT2D eigenvalue weighted by atomic mass is 19.1. The maximum absolute atomic E-state index is 14.2. The number of halogens is 1. The van der Waals surface area contributed by atoms with Gasteiger partial charge < -0.3 is 20.7 Å². The molecule has 0 aromatic heterocycles. The van der Waals surface area contributed by atoms with Crippen LogP contribution in [0.25, 0.3) is 0 Å². The second-order valence-corrected chi connectivity index (χ2v) is 6.32. The third-order valence-corrected chi connectivity index (χ3v) is 4.47. The van der Waals surface area contributed by atoms with Gasteiger partial charge >= 0.3 is 0 Å². The third-order valence-electron chi connectivity index (χ3n) is 4.47. The Morgan fingerprint density at radius 1 is 1.11 bits per heavy atom. The summed E-state index contributed by atoms with van der Waals surface area (Å²) in [5, 5.41) is 3.17. The fraction of sp³-hybridized carbons (Fsp3) is 0.300. The van der Waals surface area contributed by atoms with Gasteiger partial charge in [0.05, 0.1) is 17.7 Å². The predicted octanol–water partition coefficient (Wildman–Crippen LogP) is 1.59. The number of nitrogens with two attached hydrogens (primary N) is 1. The van der Waals surface area contributed by atoms with Crippen LogP contribution in [0.5, 0.6) is 5.75 Å². The molecule has 0 radical (unpaired) electrons. The number of ether oxygens (including phenoxy) is 1. The summed E-state index contributed by atoms with van der Waals surface area (Å²) in [5.41, 5.74) is 6.50. The van der Waals surface area contributed by atoms with Crippen LogP contribution in [-0.4, -0.2) is 49.5 Å². The van der Waals surface area contributed by atoms with E-state index in [9.17, 15) is 14.0 Å². The van der Waals surface area contributed by atoms with Crippen molar-refractivity contribution in [2.45, 2.75) is 6.42 Å². The molecule has 27 heavy (non-hydrogen) atoms. The summed E-state index contributed by atoms with van der Waals surface area (Å²) in [7, 11) is 0. The van der Waals surface area contributed by atoms with Gasteiger partial charge in [0.2, 0.25) is 0 Å². The summed E-state index contributed by atoms with van der Waals surface area (Å²) in [5.74, 6) is -0.973. The summed E-state index contributed by atoms with van der Waals surface area (Å²) in [4.78, 5) is 25.6. The number of primary amides is 1. The van der Waals surface area contributed by atoms with Gasteiger partial charge in [0.25, 0.3) is 11.8 Å². The molecular weight excluding hydrogens is 349 g/mol. The van der Waals surface area contributed by atoms with Crippen molar-refractivity contribution in [3.63, 3.8) is 0 Å². The first-order chi connectivity index (χ1) is 13.1. The van der Waals surface area contributed by atoms with E-state index in [4.69, 9.17) is 10.5 Å². The zero-order valence-electron chi connectivity index (χ0n) is 14.9. The number of hydrogen-bond donors (Lipinski definition) is 2. The Bertz CT molecular complexity index is 835. The fourth-order valence-electron chi connectivity index (χ4n) is 3.01. The standard InChI is InChI=1S/C20H22FN3O3/c21-17-6-5-14(13-16(17)20(26)24-10-8-23-9-11-24)7-12-27-18-4-2-1-3-15(18)19(22)25/h1-6,13,23H,7-12H2,(H2,22,25). The van der Waals surface area contributed by atoms with Gasteiger partial charge in [0, 0.05) is 32.6 Å². The molecule has 142 valence electrons. The first-order valence-electron chi connectivity index (χ1n) is 8.86. The number of carbonyl (C=O) groups is 2. The van der Waals surface area contributed by atoms with Gasteiger partial charge in [-0.15, -0.1) is 0 Å². The molecule has 0 saturated carbocycles. The fourth-order valence-corrected chi connectivity index (χ4v) is 3.01. The van der Waals surface area contributed by atoms with Crippen molar-refractivity contribution in [3.8, 4) is 5.75 Å². The molecule has 3 rings (SSSR count). The number of hydrogen-bond acceptors (Lipinski definition) is 4. The number of piperazine rings is 1. The first-order valence-corrected chi connectivity index (χ1v) is 8.86. The van der Waals surface area contributed by atoms with Crippen LogP contribution in [0.1, 0.15) is 26.3 Å². The molecule has 1 fully saturated rings. The average Bonchev–Trinajstić information content (AvgIpc) is 2.69. The molecule has 2 aromatic rings. The highest BCUT2D eigenvalue weighted by Gasteiger charge is 2.21.